The zero-order valence-corrected chi connectivity index (χ0v) is 17.7. The summed E-state index contributed by atoms with van der Waals surface area (Å²) in [6, 6.07) is 7.30. The Morgan fingerprint density at radius 3 is 2.42 bits per heavy atom. The fourth-order valence-corrected chi connectivity index (χ4v) is 4.34. The van der Waals surface area contributed by atoms with Gasteiger partial charge in [0.05, 0.1) is 12.1 Å². The number of halogens is 5. The van der Waals surface area contributed by atoms with Crippen LogP contribution in [0.3, 0.4) is 0 Å². The summed E-state index contributed by atoms with van der Waals surface area (Å²) in [5, 5.41) is 0. The molecule has 0 atom stereocenters. The third-order valence-corrected chi connectivity index (χ3v) is 6.18. The second-order valence-electron chi connectivity index (χ2n) is 8.41. The van der Waals surface area contributed by atoms with E-state index < -0.39 is 46.5 Å². The molecule has 2 aliphatic rings. The summed E-state index contributed by atoms with van der Waals surface area (Å²) in [7, 11) is 0. The van der Waals surface area contributed by atoms with Crippen molar-refractivity contribution in [1.29, 1.82) is 0 Å². The van der Waals surface area contributed by atoms with Gasteiger partial charge in [-0.1, -0.05) is 24.3 Å². The van der Waals surface area contributed by atoms with Crippen molar-refractivity contribution in [2.24, 2.45) is 0 Å². The summed E-state index contributed by atoms with van der Waals surface area (Å²) in [5.74, 6) is -2.66. The zero-order chi connectivity index (χ0) is 24.0. The molecular weight excluding hydrogens is 447 g/mol. The number of hydrogen-bond donors (Lipinski definition) is 0. The molecule has 2 saturated heterocycles. The van der Waals surface area contributed by atoms with Crippen LogP contribution in [0.2, 0.25) is 0 Å². The van der Waals surface area contributed by atoms with Crippen molar-refractivity contribution >= 4 is 12.0 Å². The van der Waals surface area contributed by atoms with Crippen LogP contribution in [0.15, 0.2) is 36.4 Å². The van der Waals surface area contributed by atoms with Gasteiger partial charge in [-0.05, 0) is 30.2 Å². The molecule has 0 bridgehead atoms. The number of rotatable bonds is 3. The third-order valence-electron chi connectivity index (χ3n) is 6.18. The molecule has 2 heterocycles. The van der Waals surface area contributed by atoms with E-state index in [1.165, 1.54) is 41.0 Å². The highest BCUT2D eigenvalue weighted by Gasteiger charge is 2.48. The van der Waals surface area contributed by atoms with E-state index in [0.717, 1.165) is 12.1 Å². The summed E-state index contributed by atoms with van der Waals surface area (Å²) < 4.78 is 73.8. The molecule has 2 amide bonds. The van der Waals surface area contributed by atoms with Crippen LogP contribution in [-0.4, -0.2) is 47.0 Å². The molecule has 0 unspecified atom stereocenters. The smallest absolute Gasteiger partial charge is 0.416 e. The third kappa shape index (κ3) is 4.38. The predicted octanol–water partition coefficient (Wildman–Crippen LogP) is 4.92. The van der Waals surface area contributed by atoms with Gasteiger partial charge in [0.1, 0.15) is 22.8 Å². The van der Waals surface area contributed by atoms with E-state index in [4.69, 9.17) is 4.74 Å². The van der Waals surface area contributed by atoms with Crippen molar-refractivity contribution in [3.8, 4) is 0 Å². The lowest BCUT2D eigenvalue weighted by molar-refractivity contribution is -0.138. The van der Waals surface area contributed by atoms with Gasteiger partial charge in [-0.2, -0.15) is 13.2 Å². The monoisotopic (exact) mass is 468 g/mol. The first-order valence-electron chi connectivity index (χ1n) is 10.4. The number of nitrogens with zero attached hydrogens (tertiary/aromatic N) is 2. The largest absolute Gasteiger partial charge is 0.441 e. The number of ether oxygens (including phenoxy) is 1. The summed E-state index contributed by atoms with van der Waals surface area (Å²) in [6.07, 6.45) is -4.87. The molecule has 5 nitrogen and oxygen atoms in total. The molecule has 0 N–H and O–H groups in total. The molecule has 33 heavy (non-hydrogen) atoms. The predicted molar refractivity (Wildman–Crippen MR) is 107 cm³/mol. The van der Waals surface area contributed by atoms with Crippen LogP contribution in [0.25, 0.3) is 0 Å². The van der Waals surface area contributed by atoms with E-state index in [9.17, 15) is 31.5 Å². The normalized spacial score (nSPS) is 18.1. The molecule has 2 aromatic carbocycles. The Hall–Kier alpha value is -3.17. The molecule has 0 radical (unpaired) electrons. The van der Waals surface area contributed by atoms with Crippen LogP contribution in [0.1, 0.15) is 39.9 Å². The van der Waals surface area contributed by atoms with Gasteiger partial charge in [-0.25, -0.2) is 13.6 Å². The summed E-state index contributed by atoms with van der Waals surface area (Å²) in [6.45, 7) is 1.41. The molecule has 0 aromatic heterocycles. The maximum absolute atomic E-state index is 14.3. The quantitative estimate of drug-likeness (QED) is 0.601. The SMILES string of the molecule is Cc1ccc(F)c(C(=O)N2CCC3(CC2)CN(Cc2ccccc2C(F)(F)F)C(=O)O3)c1F. The summed E-state index contributed by atoms with van der Waals surface area (Å²) in [5.41, 5.74) is -2.31. The van der Waals surface area contributed by atoms with E-state index in [2.05, 4.69) is 0 Å². The van der Waals surface area contributed by atoms with Crippen LogP contribution < -0.4 is 0 Å². The van der Waals surface area contributed by atoms with Crippen LogP contribution in [0.5, 0.6) is 0 Å². The Kier molecular flexibility index (Phi) is 5.79. The number of aryl methyl sites for hydroxylation is 1. The molecule has 1 spiro atoms. The highest BCUT2D eigenvalue weighted by atomic mass is 19.4. The minimum absolute atomic E-state index is 0.0444. The van der Waals surface area contributed by atoms with Gasteiger partial charge in [0.15, 0.2) is 0 Å². The molecule has 0 saturated carbocycles. The van der Waals surface area contributed by atoms with Gasteiger partial charge in [0.25, 0.3) is 5.91 Å². The van der Waals surface area contributed by atoms with Crippen molar-refractivity contribution in [2.45, 2.75) is 38.1 Å². The Morgan fingerprint density at radius 2 is 1.76 bits per heavy atom. The van der Waals surface area contributed by atoms with E-state index in [1.807, 2.05) is 0 Å². The molecule has 0 aliphatic carbocycles. The molecule has 2 fully saturated rings. The number of likely N-dealkylation sites (tertiary alicyclic amines) is 1. The van der Waals surface area contributed by atoms with Crippen molar-refractivity contribution in [3.63, 3.8) is 0 Å². The minimum Gasteiger partial charge on any atom is -0.441 e. The van der Waals surface area contributed by atoms with Gasteiger partial charge < -0.3 is 9.64 Å². The first kappa shape index (κ1) is 23.0. The van der Waals surface area contributed by atoms with Gasteiger partial charge in [0, 0.05) is 32.5 Å². The van der Waals surface area contributed by atoms with E-state index >= 15 is 0 Å². The number of carbonyl (C=O) groups is 2. The van der Waals surface area contributed by atoms with Gasteiger partial charge in [0.2, 0.25) is 0 Å². The van der Waals surface area contributed by atoms with E-state index in [1.54, 1.807) is 0 Å². The van der Waals surface area contributed by atoms with Crippen LogP contribution in [-0.2, 0) is 17.5 Å². The number of amides is 2. The first-order chi connectivity index (χ1) is 15.5. The number of hydrogen-bond acceptors (Lipinski definition) is 3. The Bertz CT molecular complexity index is 1090. The maximum Gasteiger partial charge on any atom is 0.416 e. The fourth-order valence-electron chi connectivity index (χ4n) is 4.34. The van der Waals surface area contributed by atoms with Crippen molar-refractivity contribution < 1.29 is 36.3 Å². The molecule has 2 aliphatic heterocycles. The lowest BCUT2D eigenvalue weighted by Gasteiger charge is -2.37. The zero-order valence-electron chi connectivity index (χ0n) is 17.7. The first-order valence-corrected chi connectivity index (χ1v) is 10.4. The lowest BCUT2D eigenvalue weighted by atomic mass is 9.90. The number of alkyl halides is 3. The standard InChI is InChI=1S/C23H21F5N2O3/c1-14-6-7-17(24)18(19(14)25)20(31)29-10-8-22(9-11-29)13-30(21(32)33-22)12-15-4-2-3-5-16(15)23(26,27)28/h2-7H,8-13H2,1H3. The van der Waals surface area contributed by atoms with Crippen LogP contribution in [0, 0.1) is 18.6 Å². The maximum atomic E-state index is 14.3. The highest BCUT2D eigenvalue weighted by Crippen LogP contribution is 2.37. The fraction of sp³-hybridized carbons (Fsp3) is 0.391. The van der Waals surface area contributed by atoms with Crippen LogP contribution >= 0.6 is 0 Å². The average molecular weight is 468 g/mol. The van der Waals surface area contributed by atoms with Crippen molar-refractivity contribution in [1.82, 2.24) is 9.80 Å². The Labute approximate surface area is 186 Å². The topological polar surface area (TPSA) is 49.9 Å². The molecule has 2 aromatic rings. The molecular formula is C23H21F5N2O3. The number of carbonyl (C=O) groups excluding carboxylic acids is 2. The average Bonchev–Trinajstić information content (AvgIpc) is 3.05. The Balaban J connectivity index is 1.45. The highest BCUT2D eigenvalue weighted by molar-refractivity contribution is 5.95. The number of benzene rings is 2. The van der Waals surface area contributed by atoms with Gasteiger partial charge in [-0.3, -0.25) is 9.69 Å². The second kappa shape index (κ2) is 8.31. The summed E-state index contributed by atoms with van der Waals surface area (Å²) >= 11 is 0. The molecule has 176 valence electrons. The number of piperidine rings is 1. The van der Waals surface area contributed by atoms with Crippen molar-refractivity contribution in [2.75, 3.05) is 19.6 Å². The van der Waals surface area contributed by atoms with Crippen LogP contribution in [0.4, 0.5) is 26.7 Å². The molecule has 4 rings (SSSR count). The minimum atomic E-state index is -4.55. The molecule has 10 heteroatoms. The van der Waals surface area contributed by atoms with Gasteiger partial charge in [-0.15, -0.1) is 0 Å². The Morgan fingerprint density at radius 1 is 1.09 bits per heavy atom. The van der Waals surface area contributed by atoms with E-state index in [-0.39, 0.29) is 50.1 Å². The lowest BCUT2D eigenvalue weighted by Crippen LogP contribution is -2.49. The summed E-state index contributed by atoms with van der Waals surface area (Å²) in [4.78, 5) is 27.6. The van der Waals surface area contributed by atoms with Gasteiger partial charge >= 0.3 is 12.3 Å². The second-order valence-corrected chi connectivity index (χ2v) is 8.41. The van der Waals surface area contributed by atoms with Crippen molar-refractivity contribution in [3.05, 3.63) is 70.3 Å². The van der Waals surface area contributed by atoms with E-state index in [0.29, 0.717) is 0 Å².